The van der Waals surface area contributed by atoms with E-state index in [9.17, 15) is 4.79 Å². The van der Waals surface area contributed by atoms with Crippen LogP contribution >= 0.6 is 12.2 Å². The maximum atomic E-state index is 11.2. The molecule has 1 heterocycles. The molecule has 0 radical (unpaired) electrons. The van der Waals surface area contributed by atoms with Crippen LogP contribution in [0, 0.1) is 4.77 Å². The largest absolute Gasteiger partial charge is 0.288 e. The monoisotopic (exact) mass is 237 g/mol. The van der Waals surface area contributed by atoms with Crippen LogP contribution in [0.1, 0.15) is 10.4 Å². The van der Waals surface area contributed by atoms with Crippen LogP contribution in [-0.2, 0) is 0 Å². The predicted octanol–water partition coefficient (Wildman–Crippen LogP) is 0.444. The van der Waals surface area contributed by atoms with E-state index >= 15 is 0 Å². The Bertz CT molecular complexity index is 576. The quantitative estimate of drug-likeness (QED) is 0.400. The second kappa shape index (κ2) is 4.21. The number of nitrogens with zero attached hydrogens (tertiary/aromatic N) is 3. The van der Waals surface area contributed by atoms with Gasteiger partial charge < -0.3 is 0 Å². The van der Waals surface area contributed by atoms with E-state index in [4.69, 9.17) is 17.4 Å². The molecule has 1 aromatic carbocycles. The van der Waals surface area contributed by atoms with E-state index in [1.165, 1.54) is 4.68 Å². The molecule has 1 aromatic heterocycles. The molecule has 0 unspecified atom stereocenters. The average Bonchev–Trinajstić information content (AvgIpc) is 2.74. The summed E-state index contributed by atoms with van der Waals surface area (Å²) in [6, 6.07) is 6.48. The lowest BCUT2D eigenvalue weighted by atomic mass is 10.2. The van der Waals surface area contributed by atoms with Gasteiger partial charge >= 0.3 is 0 Å². The number of rotatable bonds is 2. The third-order valence-electron chi connectivity index (χ3n) is 1.94. The van der Waals surface area contributed by atoms with Gasteiger partial charge in [0.1, 0.15) is 0 Å². The highest BCUT2D eigenvalue weighted by Gasteiger charge is 2.06. The highest BCUT2D eigenvalue weighted by atomic mass is 32.1. The van der Waals surface area contributed by atoms with Crippen molar-refractivity contribution in [2.24, 2.45) is 0 Å². The molecule has 0 saturated carbocycles. The Labute approximate surface area is 94.7 Å². The highest BCUT2D eigenvalue weighted by molar-refractivity contribution is 7.71. The molecular weight excluding hydrogens is 230 g/mol. The lowest BCUT2D eigenvalue weighted by Crippen LogP contribution is -2.18. The molecule has 0 aliphatic heterocycles. The van der Waals surface area contributed by atoms with E-state index in [0.29, 0.717) is 11.3 Å². The Kier molecular flexibility index (Phi) is 2.75. The van der Waals surface area contributed by atoms with Crippen LogP contribution in [0.25, 0.3) is 5.69 Å². The summed E-state index contributed by atoms with van der Waals surface area (Å²) in [5.41, 5.74) is 2.46. The number of benzene rings is 1. The van der Waals surface area contributed by atoms with Gasteiger partial charge in [-0.05, 0) is 30.4 Å². The molecule has 3 N–H and O–H groups in total. The Hall–Kier alpha value is -2.06. The number of H-pyrrole nitrogens is 1. The fourth-order valence-electron chi connectivity index (χ4n) is 1.22. The number of nitrogens with one attached hydrogen (secondary N) is 2. The molecule has 0 saturated heterocycles. The highest BCUT2D eigenvalue weighted by Crippen LogP contribution is 2.09. The van der Waals surface area contributed by atoms with Gasteiger partial charge in [0, 0.05) is 5.56 Å². The van der Waals surface area contributed by atoms with Crippen molar-refractivity contribution in [2.75, 3.05) is 0 Å². The summed E-state index contributed by atoms with van der Waals surface area (Å²) in [5.74, 6) is -0.596. The van der Waals surface area contributed by atoms with Crippen molar-refractivity contribution in [3.63, 3.8) is 0 Å². The van der Waals surface area contributed by atoms with E-state index in [-0.39, 0.29) is 4.77 Å². The van der Waals surface area contributed by atoms with E-state index in [0.717, 1.165) is 0 Å². The molecule has 0 aliphatic carbocycles. The van der Waals surface area contributed by atoms with Gasteiger partial charge in [0.15, 0.2) is 0 Å². The van der Waals surface area contributed by atoms with Gasteiger partial charge in [0.05, 0.1) is 5.69 Å². The van der Waals surface area contributed by atoms with E-state index in [1.54, 1.807) is 29.7 Å². The fraction of sp³-hybridized carbons (Fsp3) is 0. The topological polar surface area (TPSA) is 95.8 Å². The van der Waals surface area contributed by atoms with Crippen LogP contribution in [-0.4, -0.2) is 31.3 Å². The number of aromatic amines is 1. The van der Waals surface area contributed by atoms with E-state index in [2.05, 4.69) is 15.5 Å². The summed E-state index contributed by atoms with van der Waals surface area (Å²) in [6.45, 7) is 0. The lowest BCUT2D eigenvalue weighted by Gasteiger charge is -2.03. The summed E-state index contributed by atoms with van der Waals surface area (Å²) in [7, 11) is 0. The van der Waals surface area contributed by atoms with Crippen molar-refractivity contribution < 1.29 is 10.0 Å². The van der Waals surface area contributed by atoms with E-state index in [1.807, 2.05) is 0 Å². The van der Waals surface area contributed by atoms with Crippen molar-refractivity contribution in [3.8, 4) is 5.69 Å². The zero-order valence-corrected chi connectivity index (χ0v) is 8.73. The minimum atomic E-state index is -0.596. The maximum absolute atomic E-state index is 11.2. The minimum Gasteiger partial charge on any atom is -0.288 e. The number of carbonyl (C=O) groups excluding carboxylic acids is 1. The molecule has 7 nitrogen and oxygen atoms in total. The Morgan fingerprint density at radius 1 is 1.56 bits per heavy atom. The molecule has 1 amide bonds. The van der Waals surface area contributed by atoms with Gasteiger partial charge in [-0.25, -0.2) is 10.2 Å². The smallest absolute Gasteiger partial charge is 0.274 e. The van der Waals surface area contributed by atoms with E-state index < -0.39 is 5.91 Å². The number of amides is 1. The Balaban J connectivity index is 2.48. The first-order valence-electron chi connectivity index (χ1n) is 4.27. The molecule has 2 rings (SSSR count). The molecule has 0 atom stereocenters. The SMILES string of the molecule is O=C(NO)c1cccc(-n2[nH]nnc2=S)c1. The van der Waals surface area contributed by atoms with Crippen molar-refractivity contribution in [1.82, 2.24) is 25.7 Å². The van der Waals surface area contributed by atoms with Gasteiger partial charge in [-0.2, -0.15) is 5.21 Å². The molecule has 82 valence electrons. The number of tetrazole rings is 1. The molecule has 16 heavy (non-hydrogen) atoms. The minimum absolute atomic E-state index is 0.251. The average molecular weight is 237 g/mol. The second-order valence-electron chi connectivity index (χ2n) is 2.91. The number of carbonyl (C=O) groups is 1. The zero-order chi connectivity index (χ0) is 11.5. The summed E-state index contributed by atoms with van der Waals surface area (Å²) in [5, 5.41) is 18.2. The molecule has 2 aromatic rings. The zero-order valence-electron chi connectivity index (χ0n) is 7.91. The molecule has 0 spiro atoms. The molecule has 0 aliphatic rings. The summed E-state index contributed by atoms with van der Waals surface area (Å²) in [4.78, 5) is 11.2. The molecule has 8 heteroatoms. The van der Waals surface area contributed by atoms with Crippen LogP contribution in [0.2, 0.25) is 0 Å². The van der Waals surface area contributed by atoms with Gasteiger partial charge in [0.25, 0.3) is 5.91 Å². The first-order valence-corrected chi connectivity index (χ1v) is 4.68. The van der Waals surface area contributed by atoms with Crippen LogP contribution in [0.3, 0.4) is 0 Å². The maximum Gasteiger partial charge on any atom is 0.274 e. The first kappa shape index (κ1) is 10.5. The van der Waals surface area contributed by atoms with Crippen LogP contribution in [0.5, 0.6) is 0 Å². The van der Waals surface area contributed by atoms with Gasteiger partial charge in [-0.1, -0.05) is 16.4 Å². The third-order valence-corrected chi connectivity index (χ3v) is 2.20. The normalized spacial score (nSPS) is 10.1. The van der Waals surface area contributed by atoms with Gasteiger partial charge in [-0.3, -0.25) is 10.0 Å². The number of hydrogen-bond acceptors (Lipinski definition) is 5. The first-order chi connectivity index (χ1) is 7.72. The van der Waals surface area contributed by atoms with Crippen LogP contribution in [0.15, 0.2) is 24.3 Å². The Morgan fingerprint density at radius 3 is 3.00 bits per heavy atom. The Morgan fingerprint density at radius 2 is 2.38 bits per heavy atom. The second-order valence-corrected chi connectivity index (χ2v) is 3.27. The lowest BCUT2D eigenvalue weighted by molar-refractivity contribution is 0.0706. The third kappa shape index (κ3) is 1.83. The molecule has 0 bridgehead atoms. The predicted molar refractivity (Wildman–Crippen MR) is 55.8 cm³/mol. The summed E-state index contributed by atoms with van der Waals surface area (Å²) < 4.78 is 1.69. The molecule has 0 fully saturated rings. The number of hydrogen-bond donors (Lipinski definition) is 3. The summed E-state index contributed by atoms with van der Waals surface area (Å²) >= 11 is 4.91. The van der Waals surface area contributed by atoms with Crippen molar-refractivity contribution in [3.05, 3.63) is 34.6 Å². The summed E-state index contributed by atoms with van der Waals surface area (Å²) in [6.07, 6.45) is 0. The van der Waals surface area contributed by atoms with Crippen molar-refractivity contribution >= 4 is 18.1 Å². The van der Waals surface area contributed by atoms with Gasteiger partial charge in [0.2, 0.25) is 4.77 Å². The van der Waals surface area contributed by atoms with Gasteiger partial charge in [-0.15, -0.1) is 0 Å². The van der Waals surface area contributed by atoms with Crippen LogP contribution in [0.4, 0.5) is 0 Å². The van der Waals surface area contributed by atoms with Crippen molar-refractivity contribution in [2.45, 2.75) is 0 Å². The van der Waals surface area contributed by atoms with Crippen molar-refractivity contribution in [1.29, 1.82) is 0 Å². The number of aromatic nitrogens is 4. The number of hydroxylamine groups is 1. The van der Waals surface area contributed by atoms with Crippen LogP contribution < -0.4 is 5.48 Å². The fourth-order valence-corrected chi connectivity index (χ4v) is 1.40. The molecular formula is C8H7N5O2S. The standard InChI is InChI=1S/C8H7N5O2S/c14-7(10-15)5-2-1-3-6(4-5)13-8(16)9-11-12-13/h1-4,15H,(H,10,14)(H,9,12,16).